The lowest BCUT2D eigenvalue weighted by atomic mass is 9.96. The lowest BCUT2D eigenvalue weighted by molar-refractivity contribution is -0.131. The third-order valence-electron chi connectivity index (χ3n) is 15.0. The maximum atomic E-state index is 13.6. The van der Waals surface area contributed by atoms with Crippen LogP contribution in [0.15, 0.2) is 204 Å². The van der Waals surface area contributed by atoms with Crippen molar-refractivity contribution >= 4 is 57.7 Å². The highest BCUT2D eigenvalue weighted by atomic mass is 19.3. The fourth-order valence-corrected chi connectivity index (χ4v) is 10.2. The number of aliphatic carboxylic acids is 1. The number of hydrogen-bond acceptors (Lipinski definition) is 10. The maximum Gasteiger partial charge on any atom is 0.328 e. The molecule has 0 spiro atoms. The van der Waals surface area contributed by atoms with E-state index < -0.39 is 17.8 Å². The van der Waals surface area contributed by atoms with Crippen LogP contribution in [0.2, 0.25) is 0 Å². The molecule has 4 aromatic carbocycles. The number of aromatic nitrogens is 4. The highest BCUT2D eigenvalue weighted by molar-refractivity contribution is 6.00. The number of rotatable bonds is 14. The number of pyridine rings is 4. The number of carbonyl (C=O) groups is 4. The van der Waals surface area contributed by atoms with Crippen LogP contribution in [-0.2, 0) is 22.4 Å². The number of piperidine rings is 2. The number of hydrogen-bond donors (Lipinski definition) is 1. The van der Waals surface area contributed by atoms with E-state index in [2.05, 4.69) is 45.1 Å². The molecule has 1 N–H and O–H groups in total. The van der Waals surface area contributed by atoms with Gasteiger partial charge in [-0.15, -0.1) is 0 Å². The fraction of sp³-hybridized carbons (Fsp3) is 0.200. The minimum Gasteiger partial charge on any atom is -0.478 e. The summed E-state index contributed by atoms with van der Waals surface area (Å²) in [5.41, 5.74) is 11.8. The quantitative estimate of drug-likeness (QED) is 0.0811. The Balaban J connectivity index is 0.000000168. The molecule has 0 radical (unpaired) electrons. The van der Waals surface area contributed by atoms with Crippen LogP contribution in [0.25, 0.3) is 78.6 Å². The SMILES string of the molecule is CCc1cc2cc(-c3ccc(C(=O)N4CCC(F)(F)CC4)cc3)cc(-c3ccncc3)c2o1.O=C(/C=C/c1cccnc1)CCc1cc2cc(-c3ccc(C(=O)N4CCC(F)(F)CC4)cc3)cc(-c3ccncc3)c2o1.O=C(O)/C=C/c1cccnc1. The first-order chi connectivity index (χ1) is 42.1. The summed E-state index contributed by atoms with van der Waals surface area (Å²) in [5.74, 6) is -5.14. The fourth-order valence-electron chi connectivity index (χ4n) is 10.2. The molecule has 13 nitrogen and oxygen atoms in total. The molecule has 2 amide bonds. The van der Waals surface area contributed by atoms with Crippen LogP contribution in [0.4, 0.5) is 17.6 Å². The van der Waals surface area contributed by atoms with Crippen LogP contribution in [-0.4, -0.2) is 96.4 Å². The van der Waals surface area contributed by atoms with Gasteiger partial charge in [-0.3, -0.25) is 34.3 Å². The summed E-state index contributed by atoms with van der Waals surface area (Å²) in [6, 6.07) is 41.8. The Bertz CT molecular complexity index is 4060. The largest absolute Gasteiger partial charge is 0.478 e. The number of benzene rings is 4. The van der Waals surface area contributed by atoms with Crippen LogP contribution in [0.1, 0.15) is 82.4 Å². The minimum absolute atomic E-state index is 0.00717. The molecule has 0 saturated carbocycles. The highest BCUT2D eigenvalue weighted by Crippen LogP contribution is 2.39. The van der Waals surface area contributed by atoms with E-state index in [9.17, 15) is 36.7 Å². The first-order valence-electron chi connectivity index (χ1n) is 28.5. The van der Waals surface area contributed by atoms with Crippen molar-refractivity contribution in [2.24, 2.45) is 0 Å². The Hall–Kier alpha value is -10.2. The van der Waals surface area contributed by atoms with E-state index in [1.807, 2.05) is 78.9 Å². The maximum absolute atomic E-state index is 13.6. The smallest absolute Gasteiger partial charge is 0.328 e. The van der Waals surface area contributed by atoms with Crippen LogP contribution in [0.3, 0.4) is 0 Å². The molecule has 8 heterocycles. The second kappa shape index (κ2) is 27.3. The van der Waals surface area contributed by atoms with E-state index in [1.54, 1.807) is 98.1 Å². The van der Waals surface area contributed by atoms with Crippen molar-refractivity contribution in [2.75, 3.05) is 26.2 Å². The number of furan rings is 2. The first-order valence-corrected chi connectivity index (χ1v) is 28.5. The number of likely N-dealkylation sites (tertiary alicyclic amines) is 2. The van der Waals surface area contributed by atoms with Crippen molar-refractivity contribution in [3.8, 4) is 44.5 Å². The molecule has 2 saturated heterocycles. The zero-order chi connectivity index (χ0) is 60.9. The van der Waals surface area contributed by atoms with Gasteiger partial charge in [0, 0.05) is 160 Å². The van der Waals surface area contributed by atoms with Gasteiger partial charge < -0.3 is 23.7 Å². The number of carboxylic acid groups (broad SMARTS) is 1. The Morgan fingerprint density at radius 2 is 0.931 bits per heavy atom. The highest BCUT2D eigenvalue weighted by Gasteiger charge is 2.37. The number of alkyl halides is 4. The summed E-state index contributed by atoms with van der Waals surface area (Å²) in [6.07, 6.45) is 19.9. The average molecular weight is 1170 g/mol. The van der Waals surface area contributed by atoms with Crippen molar-refractivity contribution in [1.29, 1.82) is 0 Å². The average Bonchev–Trinajstić information content (AvgIpc) is 2.89. The third kappa shape index (κ3) is 15.6. The van der Waals surface area contributed by atoms with Crippen molar-refractivity contribution in [3.63, 3.8) is 0 Å². The van der Waals surface area contributed by atoms with Gasteiger partial charge in [-0.25, -0.2) is 22.4 Å². The normalized spacial score (nSPS) is 14.5. The van der Waals surface area contributed by atoms with Crippen LogP contribution >= 0.6 is 0 Å². The van der Waals surface area contributed by atoms with E-state index in [1.165, 1.54) is 15.9 Å². The van der Waals surface area contributed by atoms with E-state index in [0.29, 0.717) is 29.7 Å². The van der Waals surface area contributed by atoms with Gasteiger partial charge in [0.15, 0.2) is 5.78 Å². The van der Waals surface area contributed by atoms with Crippen LogP contribution in [0, 0.1) is 0 Å². The van der Waals surface area contributed by atoms with Gasteiger partial charge in [-0.05, 0) is 160 Å². The Morgan fingerprint density at radius 1 is 0.506 bits per heavy atom. The summed E-state index contributed by atoms with van der Waals surface area (Å²) in [6.45, 7) is 2.33. The molecule has 2 fully saturated rings. The van der Waals surface area contributed by atoms with Gasteiger partial charge in [0.05, 0.1) is 0 Å². The van der Waals surface area contributed by atoms with Crippen molar-refractivity contribution < 1.29 is 50.7 Å². The number of carboxylic acids is 1. The van der Waals surface area contributed by atoms with E-state index in [0.717, 1.165) is 95.8 Å². The van der Waals surface area contributed by atoms with Gasteiger partial charge in [0.2, 0.25) is 0 Å². The molecule has 12 rings (SSSR count). The first kappa shape index (κ1) is 60.0. The molecule has 0 atom stereocenters. The molecule has 0 unspecified atom stereocenters. The molecule has 10 aromatic rings. The van der Waals surface area contributed by atoms with Crippen molar-refractivity contribution in [2.45, 2.75) is 63.7 Å². The molecule has 6 aromatic heterocycles. The second-order valence-electron chi connectivity index (χ2n) is 21.1. The van der Waals surface area contributed by atoms with E-state index in [4.69, 9.17) is 13.9 Å². The number of carbonyl (C=O) groups excluding carboxylic acids is 3. The number of nitrogens with zero attached hydrogens (tertiary/aromatic N) is 6. The number of ketones is 1. The molecule has 2 aliphatic rings. The Labute approximate surface area is 499 Å². The van der Waals surface area contributed by atoms with Gasteiger partial charge in [0.1, 0.15) is 22.7 Å². The lowest BCUT2D eigenvalue weighted by Gasteiger charge is -2.31. The summed E-state index contributed by atoms with van der Waals surface area (Å²) >= 11 is 0. The van der Waals surface area contributed by atoms with Crippen LogP contribution < -0.4 is 0 Å². The number of allylic oxidation sites excluding steroid dienone is 1. The van der Waals surface area contributed by atoms with E-state index in [-0.39, 0.29) is 69.5 Å². The second-order valence-corrected chi connectivity index (χ2v) is 21.1. The summed E-state index contributed by atoms with van der Waals surface area (Å²) < 4.78 is 66.3. The van der Waals surface area contributed by atoms with Gasteiger partial charge in [-0.1, -0.05) is 43.3 Å². The zero-order valence-corrected chi connectivity index (χ0v) is 47.5. The summed E-state index contributed by atoms with van der Waals surface area (Å²) in [7, 11) is 0. The molecule has 17 heteroatoms. The van der Waals surface area contributed by atoms with Crippen LogP contribution in [0.5, 0.6) is 0 Å². The summed E-state index contributed by atoms with van der Waals surface area (Å²) in [5, 5.41) is 10.2. The molecule has 87 heavy (non-hydrogen) atoms. The lowest BCUT2D eigenvalue weighted by Crippen LogP contribution is -2.42. The number of fused-ring (bicyclic) bond motifs is 2. The molecular formula is C70H60F4N6O7. The van der Waals surface area contributed by atoms with Crippen molar-refractivity contribution in [1.82, 2.24) is 29.7 Å². The van der Waals surface area contributed by atoms with Gasteiger partial charge in [0.25, 0.3) is 23.7 Å². The zero-order valence-electron chi connectivity index (χ0n) is 47.5. The molecule has 0 bridgehead atoms. The predicted octanol–water partition coefficient (Wildman–Crippen LogP) is 15.4. The Morgan fingerprint density at radius 3 is 1.34 bits per heavy atom. The topological polar surface area (TPSA) is 173 Å². The summed E-state index contributed by atoms with van der Waals surface area (Å²) in [4.78, 5) is 67.4. The number of halogens is 4. The van der Waals surface area contributed by atoms with Gasteiger partial charge >= 0.3 is 5.97 Å². The van der Waals surface area contributed by atoms with Crippen molar-refractivity contribution in [3.05, 3.63) is 229 Å². The monoisotopic (exact) mass is 1170 g/mol. The standard InChI is InChI=1S/C35H29F2N3O3.C27H24F2N2O2.C8H7NO2/c36-35(37)13-18-40(19-14-35)34(42)27-6-4-25(5-7-27)28-20-29-21-31(10-9-30(41)8-3-24-2-1-15-39-23-24)43-33(29)32(22-28)26-11-16-38-17-12-26;1-2-23-16-22-15-21(17-24(25(22)33-23)19-7-11-30-12-8-19)18-3-5-20(6-4-18)26(32)31-13-9-27(28,29)10-14-31;10-8(11)4-3-7-2-1-5-9-6-7/h1-8,11-12,15-17,20-23H,9-10,13-14,18-19H2;3-8,11-12,15-17H,2,9-10,13-14H2,1H3;1-6H,(H,10,11)/b8-3+;;4-3+. The Kier molecular flexibility index (Phi) is 18.8. The number of amides is 2. The predicted molar refractivity (Wildman–Crippen MR) is 327 cm³/mol. The molecule has 2 aliphatic heterocycles. The molecule has 0 aliphatic carbocycles. The molecular weight excluding hydrogens is 1110 g/mol. The number of aryl methyl sites for hydroxylation is 2. The third-order valence-corrected chi connectivity index (χ3v) is 15.0. The molecule has 440 valence electrons. The van der Waals surface area contributed by atoms with Gasteiger partial charge in [-0.2, -0.15) is 0 Å². The minimum atomic E-state index is -2.70. The van der Waals surface area contributed by atoms with E-state index >= 15 is 0 Å².